The van der Waals surface area contributed by atoms with Gasteiger partial charge in [0, 0.05) is 24.8 Å². The first kappa shape index (κ1) is 12.1. The lowest BCUT2D eigenvalue weighted by Gasteiger charge is -2.20. The Hall–Kier alpha value is -1.38. The van der Waals surface area contributed by atoms with Crippen LogP contribution >= 0.6 is 0 Å². The van der Waals surface area contributed by atoms with Gasteiger partial charge in [0.05, 0.1) is 12.3 Å². The van der Waals surface area contributed by atoms with Crippen molar-refractivity contribution in [1.82, 2.24) is 0 Å². The molecule has 1 aromatic rings. The molecule has 1 aromatic carbocycles. The monoisotopic (exact) mass is 234 g/mol. The summed E-state index contributed by atoms with van der Waals surface area (Å²) in [6.45, 7) is 9.50. The largest absolute Gasteiger partial charge is 0.492 e. The predicted octanol–water partition coefficient (Wildman–Crippen LogP) is 2.76. The van der Waals surface area contributed by atoms with Crippen molar-refractivity contribution >= 4 is 11.4 Å². The lowest BCUT2D eigenvalue weighted by atomic mass is 10.0. The summed E-state index contributed by atoms with van der Waals surface area (Å²) in [5.74, 6) is 2.31. The predicted molar refractivity (Wildman–Crippen MR) is 72.6 cm³/mol. The maximum absolute atomic E-state index is 5.89. The summed E-state index contributed by atoms with van der Waals surface area (Å²) in [5, 5.41) is 0. The fraction of sp³-hybridized carbons (Fsp3) is 0.571. The molecule has 94 valence electrons. The van der Waals surface area contributed by atoms with E-state index in [1.54, 1.807) is 0 Å². The molecule has 17 heavy (non-hydrogen) atoms. The average molecular weight is 234 g/mol. The summed E-state index contributed by atoms with van der Waals surface area (Å²) < 4.78 is 5.54. The van der Waals surface area contributed by atoms with Crippen LogP contribution in [0.3, 0.4) is 0 Å². The third-order valence-electron chi connectivity index (χ3n) is 3.65. The van der Waals surface area contributed by atoms with Gasteiger partial charge in [0.25, 0.3) is 0 Å². The van der Waals surface area contributed by atoms with E-state index >= 15 is 0 Å². The van der Waals surface area contributed by atoms with Gasteiger partial charge in [0.15, 0.2) is 0 Å². The number of nitrogens with two attached hydrogens (primary N) is 1. The molecule has 1 heterocycles. The Kier molecular flexibility index (Phi) is 3.46. The molecule has 0 aliphatic carbocycles. The van der Waals surface area contributed by atoms with Gasteiger partial charge in [-0.25, -0.2) is 0 Å². The van der Waals surface area contributed by atoms with Gasteiger partial charge < -0.3 is 15.4 Å². The Labute approximate surface area is 104 Å². The van der Waals surface area contributed by atoms with Crippen molar-refractivity contribution in [3.8, 4) is 5.75 Å². The highest BCUT2D eigenvalue weighted by atomic mass is 16.5. The maximum atomic E-state index is 5.89. The Bertz CT molecular complexity index is 382. The zero-order valence-corrected chi connectivity index (χ0v) is 10.9. The van der Waals surface area contributed by atoms with Gasteiger partial charge in [-0.1, -0.05) is 13.8 Å². The van der Waals surface area contributed by atoms with Gasteiger partial charge in [-0.3, -0.25) is 0 Å². The summed E-state index contributed by atoms with van der Waals surface area (Å²) in [4.78, 5) is 2.41. The minimum Gasteiger partial charge on any atom is -0.492 e. The van der Waals surface area contributed by atoms with Crippen LogP contribution in [0, 0.1) is 11.8 Å². The number of hydrogen-bond donors (Lipinski definition) is 1. The van der Waals surface area contributed by atoms with Gasteiger partial charge >= 0.3 is 0 Å². The summed E-state index contributed by atoms with van der Waals surface area (Å²) in [7, 11) is 0. The second-order valence-corrected chi connectivity index (χ2v) is 5.01. The zero-order chi connectivity index (χ0) is 12.4. The molecule has 0 aromatic heterocycles. The van der Waals surface area contributed by atoms with Crippen LogP contribution in [0.15, 0.2) is 18.2 Å². The Morgan fingerprint density at radius 1 is 1.29 bits per heavy atom. The van der Waals surface area contributed by atoms with Crippen LogP contribution < -0.4 is 15.4 Å². The second-order valence-electron chi connectivity index (χ2n) is 5.01. The fourth-order valence-corrected chi connectivity index (χ4v) is 2.34. The van der Waals surface area contributed by atoms with Crippen LogP contribution in [0.5, 0.6) is 5.75 Å². The smallest absolute Gasteiger partial charge is 0.144 e. The van der Waals surface area contributed by atoms with E-state index in [0.717, 1.165) is 36.4 Å². The molecule has 3 heteroatoms. The molecule has 2 rings (SSSR count). The van der Waals surface area contributed by atoms with E-state index < -0.39 is 0 Å². The third kappa shape index (κ3) is 2.48. The van der Waals surface area contributed by atoms with Crippen LogP contribution in [0.2, 0.25) is 0 Å². The average Bonchev–Trinajstić information content (AvgIpc) is 2.63. The van der Waals surface area contributed by atoms with Crippen molar-refractivity contribution in [1.29, 1.82) is 0 Å². The molecule has 0 spiro atoms. The number of nitrogens with zero attached hydrogens (tertiary/aromatic N) is 1. The highest BCUT2D eigenvalue weighted by Crippen LogP contribution is 2.32. The van der Waals surface area contributed by atoms with Gasteiger partial charge in [-0.05, 0) is 30.9 Å². The summed E-state index contributed by atoms with van der Waals surface area (Å²) in [6.07, 6.45) is 0. The normalized spacial score (nSPS) is 24.1. The first-order valence-electron chi connectivity index (χ1n) is 6.39. The van der Waals surface area contributed by atoms with Crippen molar-refractivity contribution in [2.45, 2.75) is 20.8 Å². The Morgan fingerprint density at radius 3 is 2.53 bits per heavy atom. The Balaban J connectivity index is 2.19. The zero-order valence-electron chi connectivity index (χ0n) is 10.9. The lowest BCUT2D eigenvalue weighted by molar-refractivity contribution is 0.342. The van der Waals surface area contributed by atoms with Crippen LogP contribution in [0.4, 0.5) is 11.4 Å². The highest BCUT2D eigenvalue weighted by Gasteiger charge is 2.26. The van der Waals surface area contributed by atoms with E-state index in [1.807, 2.05) is 13.0 Å². The molecular weight excluding hydrogens is 212 g/mol. The van der Waals surface area contributed by atoms with Gasteiger partial charge in [0.2, 0.25) is 0 Å². The van der Waals surface area contributed by atoms with E-state index in [1.165, 1.54) is 5.69 Å². The standard InChI is InChI=1S/C14H22N2O/c1-4-17-14-7-12(5-6-13(14)15)16-8-10(2)11(3)9-16/h5-7,10-11H,4,8-9,15H2,1-3H3. The molecule has 0 radical (unpaired) electrons. The van der Waals surface area contributed by atoms with E-state index in [2.05, 4.69) is 30.9 Å². The quantitative estimate of drug-likeness (QED) is 0.817. The fourth-order valence-electron chi connectivity index (χ4n) is 2.34. The van der Waals surface area contributed by atoms with Crippen molar-refractivity contribution < 1.29 is 4.74 Å². The number of ether oxygens (including phenoxy) is 1. The van der Waals surface area contributed by atoms with Gasteiger partial charge in [-0.2, -0.15) is 0 Å². The van der Waals surface area contributed by atoms with E-state index in [9.17, 15) is 0 Å². The summed E-state index contributed by atoms with van der Waals surface area (Å²) >= 11 is 0. The molecule has 0 bridgehead atoms. The van der Waals surface area contributed by atoms with Gasteiger partial charge in [0.1, 0.15) is 5.75 Å². The maximum Gasteiger partial charge on any atom is 0.144 e. The van der Waals surface area contributed by atoms with Crippen molar-refractivity contribution in [3.05, 3.63) is 18.2 Å². The molecular formula is C14H22N2O. The van der Waals surface area contributed by atoms with Crippen LogP contribution in [0.1, 0.15) is 20.8 Å². The van der Waals surface area contributed by atoms with Crippen LogP contribution in [0.25, 0.3) is 0 Å². The Morgan fingerprint density at radius 2 is 1.94 bits per heavy atom. The first-order valence-corrected chi connectivity index (χ1v) is 6.39. The summed E-state index contributed by atoms with van der Waals surface area (Å²) in [5.41, 5.74) is 7.82. The first-order chi connectivity index (χ1) is 8.11. The molecule has 0 amide bonds. The molecule has 2 unspecified atom stereocenters. The molecule has 2 N–H and O–H groups in total. The van der Waals surface area contributed by atoms with Crippen molar-refractivity contribution in [2.75, 3.05) is 30.3 Å². The van der Waals surface area contributed by atoms with Crippen molar-refractivity contribution in [3.63, 3.8) is 0 Å². The number of hydrogen-bond acceptors (Lipinski definition) is 3. The van der Waals surface area contributed by atoms with Crippen LogP contribution in [-0.4, -0.2) is 19.7 Å². The number of nitrogen functional groups attached to an aromatic ring is 1. The SMILES string of the molecule is CCOc1cc(N2CC(C)C(C)C2)ccc1N. The van der Waals surface area contributed by atoms with Crippen molar-refractivity contribution in [2.24, 2.45) is 11.8 Å². The third-order valence-corrected chi connectivity index (χ3v) is 3.65. The van der Waals surface area contributed by atoms with Gasteiger partial charge in [-0.15, -0.1) is 0 Å². The minimum absolute atomic E-state index is 0.653. The molecule has 3 nitrogen and oxygen atoms in total. The van der Waals surface area contributed by atoms with E-state index in [0.29, 0.717) is 6.61 Å². The molecule has 1 saturated heterocycles. The lowest BCUT2D eigenvalue weighted by Crippen LogP contribution is -2.19. The molecule has 1 aliphatic heterocycles. The van der Waals surface area contributed by atoms with Crippen LogP contribution in [-0.2, 0) is 0 Å². The number of benzene rings is 1. The molecule has 1 aliphatic rings. The topological polar surface area (TPSA) is 38.5 Å². The number of rotatable bonds is 3. The molecule has 2 atom stereocenters. The summed E-state index contributed by atoms with van der Waals surface area (Å²) in [6, 6.07) is 6.08. The number of anilines is 2. The molecule has 0 saturated carbocycles. The van der Waals surface area contributed by atoms with E-state index in [-0.39, 0.29) is 0 Å². The second kappa shape index (κ2) is 4.86. The highest BCUT2D eigenvalue weighted by molar-refractivity contribution is 5.62. The minimum atomic E-state index is 0.653. The van der Waals surface area contributed by atoms with E-state index in [4.69, 9.17) is 10.5 Å². The molecule has 1 fully saturated rings.